The van der Waals surface area contributed by atoms with Crippen LogP contribution in [0, 0.1) is 0 Å². The Bertz CT molecular complexity index is 629. The number of nitrogens with zero attached hydrogens (tertiary/aromatic N) is 1. The lowest BCUT2D eigenvalue weighted by Gasteiger charge is -2.34. The first-order valence-corrected chi connectivity index (χ1v) is 9.04. The zero-order chi connectivity index (χ0) is 18.9. The number of hydrogen-bond acceptors (Lipinski definition) is 5. The van der Waals surface area contributed by atoms with Crippen LogP contribution in [0.4, 0.5) is 0 Å². The molecule has 0 bridgehead atoms. The SMILES string of the molecule is CCCCOC(=O)CC1C(=O)NCCN1C(=O)c1ccc(OCC)cc1. The van der Waals surface area contributed by atoms with Crippen LogP contribution >= 0.6 is 0 Å². The van der Waals surface area contributed by atoms with Crippen LogP contribution in [0.2, 0.25) is 0 Å². The second kappa shape index (κ2) is 9.79. The van der Waals surface area contributed by atoms with E-state index in [-0.39, 0.29) is 18.2 Å². The van der Waals surface area contributed by atoms with Crippen molar-refractivity contribution in [2.24, 2.45) is 0 Å². The summed E-state index contributed by atoms with van der Waals surface area (Å²) in [5.41, 5.74) is 0.451. The van der Waals surface area contributed by atoms with E-state index in [1.807, 2.05) is 13.8 Å². The zero-order valence-corrected chi connectivity index (χ0v) is 15.3. The molecule has 0 aliphatic carbocycles. The minimum Gasteiger partial charge on any atom is -0.494 e. The first-order chi connectivity index (χ1) is 12.6. The minimum atomic E-state index is -0.850. The van der Waals surface area contributed by atoms with Crippen LogP contribution in [0.25, 0.3) is 0 Å². The molecule has 1 N–H and O–H groups in total. The van der Waals surface area contributed by atoms with Crippen LogP contribution in [0.3, 0.4) is 0 Å². The molecule has 1 unspecified atom stereocenters. The average Bonchev–Trinajstić information content (AvgIpc) is 2.64. The number of benzene rings is 1. The number of carbonyl (C=O) groups excluding carboxylic acids is 3. The van der Waals surface area contributed by atoms with Crippen molar-refractivity contribution in [3.63, 3.8) is 0 Å². The molecule has 1 aromatic carbocycles. The summed E-state index contributed by atoms with van der Waals surface area (Å²) in [6.07, 6.45) is 1.55. The van der Waals surface area contributed by atoms with Crippen molar-refractivity contribution in [1.29, 1.82) is 0 Å². The molecule has 1 heterocycles. The van der Waals surface area contributed by atoms with Gasteiger partial charge in [0, 0.05) is 18.7 Å². The van der Waals surface area contributed by atoms with Gasteiger partial charge in [0.2, 0.25) is 5.91 Å². The quantitative estimate of drug-likeness (QED) is 0.563. The van der Waals surface area contributed by atoms with E-state index in [2.05, 4.69) is 5.32 Å². The molecule has 0 spiro atoms. The molecule has 0 radical (unpaired) electrons. The summed E-state index contributed by atoms with van der Waals surface area (Å²) in [6.45, 7) is 5.47. The number of piperazine rings is 1. The maximum atomic E-state index is 12.8. The number of hydrogen-bond donors (Lipinski definition) is 1. The molecule has 0 aromatic heterocycles. The largest absolute Gasteiger partial charge is 0.494 e. The maximum Gasteiger partial charge on any atom is 0.308 e. The van der Waals surface area contributed by atoms with Crippen LogP contribution in [0.5, 0.6) is 5.75 Å². The van der Waals surface area contributed by atoms with Crippen molar-refractivity contribution in [3.05, 3.63) is 29.8 Å². The van der Waals surface area contributed by atoms with Crippen molar-refractivity contribution in [1.82, 2.24) is 10.2 Å². The van der Waals surface area contributed by atoms with E-state index in [9.17, 15) is 14.4 Å². The van der Waals surface area contributed by atoms with E-state index in [0.717, 1.165) is 12.8 Å². The Labute approximate surface area is 153 Å². The normalized spacial score (nSPS) is 16.8. The third-order valence-electron chi connectivity index (χ3n) is 4.12. The Balaban J connectivity index is 2.06. The molecule has 0 saturated carbocycles. The van der Waals surface area contributed by atoms with Gasteiger partial charge in [-0.25, -0.2) is 0 Å². The van der Waals surface area contributed by atoms with Gasteiger partial charge in [0.1, 0.15) is 11.8 Å². The van der Waals surface area contributed by atoms with Gasteiger partial charge >= 0.3 is 5.97 Å². The molecular formula is C19H26N2O5. The Morgan fingerprint density at radius 1 is 1.23 bits per heavy atom. The molecule has 1 fully saturated rings. The summed E-state index contributed by atoms with van der Waals surface area (Å²) in [7, 11) is 0. The fourth-order valence-electron chi connectivity index (χ4n) is 2.73. The highest BCUT2D eigenvalue weighted by atomic mass is 16.5. The summed E-state index contributed by atoms with van der Waals surface area (Å²) in [5, 5.41) is 2.71. The number of amides is 2. The van der Waals surface area contributed by atoms with Crippen molar-refractivity contribution in [3.8, 4) is 5.75 Å². The highest BCUT2D eigenvalue weighted by Gasteiger charge is 2.35. The first kappa shape index (κ1) is 19.8. The number of carbonyl (C=O) groups is 3. The maximum absolute atomic E-state index is 12.8. The van der Waals surface area contributed by atoms with Gasteiger partial charge in [-0.3, -0.25) is 14.4 Å². The lowest BCUT2D eigenvalue weighted by atomic mass is 10.1. The Hall–Kier alpha value is -2.57. The van der Waals surface area contributed by atoms with E-state index in [4.69, 9.17) is 9.47 Å². The van der Waals surface area contributed by atoms with Crippen LogP contribution < -0.4 is 10.1 Å². The highest BCUT2D eigenvalue weighted by molar-refractivity contribution is 5.99. The van der Waals surface area contributed by atoms with Crippen LogP contribution in [-0.4, -0.2) is 55.0 Å². The minimum absolute atomic E-state index is 0.141. The predicted octanol–water partition coefficient (Wildman–Crippen LogP) is 1.76. The highest BCUT2D eigenvalue weighted by Crippen LogP contribution is 2.18. The molecule has 26 heavy (non-hydrogen) atoms. The van der Waals surface area contributed by atoms with E-state index in [0.29, 0.717) is 37.6 Å². The molecule has 1 atom stereocenters. The standard InChI is InChI=1S/C19H26N2O5/c1-3-5-12-26-17(22)13-16-18(23)20-10-11-21(16)19(24)14-6-8-15(9-7-14)25-4-2/h6-9,16H,3-5,10-13H2,1-2H3,(H,20,23). The summed E-state index contributed by atoms with van der Waals surface area (Å²) in [4.78, 5) is 38.5. The molecule has 7 nitrogen and oxygen atoms in total. The second-order valence-electron chi connectivity index (χ2n) is 6.04. The topological polar surface area (TPSA) is 84.9 Å². The lowest BCUT2D eigenvalue weighted by molar-refractivity contribution is -0.147. The van der Waals surface area contributed by atoms with Gasteiger partial charge in [0.15, 0.2) is 0 Å². The summed E-state index contributed by atoms with van der Waals surface area (Å²) in [5.74, 6) is -0.404. The van der Waals surface area contributed by atoms with E-state index >= 15 is 0 Å². The zero-order valence-electron chi connectivity index (χ0n) is 15.3. The fourth-order valence-corrected chi connectivity index (χ4v) is 2.73. The average molecular weight is 362 g/mol. The van der Waals surface area contributed by atoms with Crippen molar-refractivity contribution in [2.45, 2.75) is 39.2 Å². The van der Waals surface area contributed by atoms with Gasteiger partial charge in [-0.2, -0.15) is 0 Å². The molecule has 1 aromatic rings. The third kappa shape index (κ3) is 5.21. The molecule has 1 aliphatic heterocycles. The number of rotatable bonds is 8. The van der Waals surface area contributed by atoms with Crippen molar-refractivity contribution >= 4 is 17.8 Å². The van der Waals surface area contributed by atoms with Gasteiger partial charge in [0.05, 0.1) is 19.6 Å². The molecule has 142 valence electrons. The van der Waals surface area contributed by atoms with Crippen LogP contribution in [0.15, 0.2) is 24.3 Å². The number of unbranched alkanes of at least 4 members (excludes halogenated alkanes) is 1. The Kier molecular flexibility index (Phi) is 7.44. The smallest absolute Gasteiger partial charge is 0.308 e. The van der Waals surface area contributed by atoms with Gasteiger partial charge in [-0.05, 0) is 37.6 Å². The summed E-state index contributed by atoms with van der Waals surface area (Å²) >= 11 is 0. The third-order valence-corrected chi connectivity index (χ3v) is 4.12. The predicted molar refractivity (Wildman–Crippen MR) is 95.9 cm³/mol. The van der Waals surface area contributed by atoms with Gasteiger partial charge < -0.3 is 19.7 Å². The lowest BCUT2D eigenvalue weighted by Crippen LogP contribution is -2.57. The van der Waals surface area contributed by atoms with E-state index in [1.165, 1.54) is 4.90 Å². The van der Waals surface area contributed by atoms with E-state index < -0.39 is 12.0 Å². The number of ether oxygens (including phenoxy) is 2. The fraction of sp³-hybridized carbons (Fsp3) is 0.526. The van der Waals surface area contributed by atoms with Crippen molar-refractivity contribution < 1.29 is 23.9 Å². The Morgan fingerprint density at radius 2 is 1.96 bits per heavy atom. The molecule has 1 aliphatic rings. The van der Waals surface area contributed by atoms with Gasteiger partial charge in [-0.1, -0.05) is 13.3 Å². The summed E-state index contributed by atoms with van der Waals surface area (Å²) in [6, 6.07) is 5.91. The van der Waals surface area contributed by atoms with Gasteiger partial charge in [0.25, 0.3) is 5.91 Å². The summed E-state index contributed by atoms with van der Waals surface area (Å²) < 4.78 is 10.5. The molecule has 2 amide bonds. The molecule has 1 saturated heterocycles. The number of esters is 1. The second-order valence-corrected chi connectivity index (χ2v) is 6.04. The molecule has 2 rings (SSSR count). The molecular weight excluding hydrogens is 336 g/mol. The van der Waals surface area contributed by atoms with Crippen LogP contribution in [0.1, 0.15) is 43.5 Å². The first-order valence-electron chi connectivity index (χ1n) is 9.04. The monoisotopic (exact) mass is 362 g/mol. The van der Waals surface area contributed by atoms with Gasteiger partial charge in [-0.15, -0.1) is 0 Å². The molecule has 7 heteroatoms. The van der Waals surface area contributed by atoms with E-state index in [1.54, 1.807) is 24.3 Å². The Morgan fingerprint density at radius 3 is 2.62 bits per heavy atom. The number of nitrogens with one attached hydrogen (secondary N) is 1. The van der Waals surface area contributed by atoms with Crippen LogP contribution in [-0.2, 0) is 14.3 Å². The van der Waals surface area contributed by atoms with Crippen molar-refractivity contribution in [2.75, 3.05) is 26.3 Å².